The summed E-state index contributed by atoms with van der Waals surface area (Å²) in [6.45, 7) is 6.04. The highest BCUT2D eigenvalue weighted by Crippen LogP contribution is 2.25. The Morgan fingerprint density at radius 2 is 1.91 bits per heavy atom. The maximum Gasteiger partial charge on any atom is 0.0969 e. The Balaban J connectivity index is 2.08. The molecule has 5 heteroatoms. The van der Waals surface area contributed by atoms with Gasteiger partial charge in [-0.15, -0.1) is 0 Å². The lowest BCUT2D eigenvalue weighted by atomic mass is 9.83. The molecule has 0 atom stereocenters. The number of rotatable bonds is 8. The normalized spacial score (nSPS) is 11.8. The van der Waals surface area contributed by atoms with Gasteiger partial charge in [0.2, 0.25) is 0 Å². The molecule has 2 aromatic heterocycles. The maximum absolute atomic E-state index is 9.65. The van der Waals surface area contributed by atoms with Crippen LogP contribution in [0.1, 0.15) is 32.3 Å². The van der Waals surface area contributed by atoms with Crippen LogP contribution < -0.4 is 5.32 Å². The Hall–Kier alpha value is -1.72. The van der Waals surface area contributed by atoms with Crippen LogP contribution in [0.5, 0.6) is 0 Å². The summed E-state index contributed by atoms with van der Waals surface area (Å²) in [4.78, 5) is 4.06. The van der Waals surface area contributed by atoms with E-state index >= 15 is 0 Å². The summed E-state index contributed by atoms with van der Waals surface area (Å²) in [7, 11) is 1.93. The number of aliphatic hydroxyl groups excluding tert-OH is 1. The second-order valence-electron chi connectivity index (χ2n) is 5.88. The van der Waals surface area contributed by atoms with Gasteiger partial charge in [0.05, 0.1) is 5.69 Å². The third-order valence-electron chi connectivity index (χ3n) is 4.51. The molecule has 0 aliphatic rings. The van der Waals surface area contributed by atoms with E-state index in [1.54, 1.807) is 12.4 Å². The molecule has 0 bridgehead atoms. The van der Waals surface area contributed by atoms with Crippen LogP contribution in [0.2, 0.25) is 0 Å². The van der Waals surface area contributed by atoms with E-state index in [2.05, 4.69) is 29.2 Å². The molecule has 2 rings (SSSR count). The molecule has 5 nitrogen and oxygen atoms in total. The largest absolute Gasteiger partial charge is 0.396 e. The molecule has 0 amide bonds. The minimum atomic E-state index is -0.0287. The van der Waals surface area contributed by atoms with Gasteiger partial charge in [-0.25, -0.2) is 0 Å². The van der Waals surface area contributed by atoms with Gasteiger partial charge < -0.3 is 10.4 Å². The van der Waals surface area contributed by atoms with Gasteiger partial charge in [0.1, 0.15) is 0 Å². The maximum atomic E-state index is 9.65. The SMILES string of the molecule is CCC(CC)(CO)CNCc1cn(C)nc1-c1ccncc1. The highest BCUT2D eigenvalue weighted by molar-refractivity contribution is 5.61. The van der Waals surface area contributed by atoms with E-state index < -0.39 is 0 Å². The highest BCUT2D eigenvalue weighted by atomic mass is 16.3. The molecule has 0 aliphatic heterocycles. The second kappa shape index (κ2) is 7.51. The summed E-state index contributed by atoms with van der Waals surface area (Å²) in [6.07, 6.45) is 7.55. The third-order valence-corrected chi connectivity index (χ3v) is 4.51. The number of aliphatic hydroxyl groups is 1. The first-order valence-corrected chi connectivity index (χ1v) is 7.88. The molecule has 2 N–H and O–H groups in total. The van der Waals surface area contributed by atoms with E-state index in [4.69, 9.17) is 0 Å². The quantitative estimate of drug-likeness (QED) is 0.786. The van der Waals surface area contributed by atoms with Gasteiger partial charge in [-0.2, -0.15) is 5.10 Å². The summed E-state index contributed by atoms with van der Waals surface area (Å²) in [5.74, 6) is 0. The van der Waals surface area contributed by atoms with Crippen molar-refractivity contribution in [1.29, 1.82) is 0 Å². The number of hydrogen-bond acceptors (Lipinski definition) is 4. The molecule has 0 radical (unpaired) electrons. The fourth-order valence-electron chi connectivity index (χ4n) is 2.66. The monoisotopic (exact) mass is 302 g/mol. The fraction of sp³-hybridized carbons (Fsp3) is 0.529. The van der Waals surface area contributed by atoms with Crippen LogP contribution in [0.15, 0.2) is 30.7 Å². The number of aromatic nitrogens is 3. The zero-order chi connectivity index (χ0) is 16.0. The smallest absolute Gasteiger partial charge is 0.0969 e. The van der Waals surface area contributed by atoms with Gasteiger partial charge in [0.25, 0.3) is 0 Å². The molecule has 0 spiro atoms. The van der Waals surface area contributed by atoms with Gasteiger partial charge in [0.15, 0.2) is 0 Å². The summed E-state index contributed by atoms with van der Waals surface area (Å²) in [6, 6.07) is 3.95. The fourth-order valence-corrected chi connectivity index (χ4v) is 2.66. The first-order chi connectivity index (χ1) is 10.6. The molecule has 0 saturated carbocycles. The molecule has 0 saturated heterocycles. The summed E-state index contributed by atoms with van der Waals surface area (Å²) >= 11 is 0. The Morgan fingerprint density at radius 1 is 1.23 bits per heavy atom. The number of nitrogens with zero attached hydrogens (tertiary/aromatic N) is 3. The highest BCUT2D eigenvalue weighted by Gasteiger charge is 2.24. The van der Waals surface area contributed by atoms with E-state index in [-0.39, 0.29) is 12.0 Å². The first kappa shape index (κ1) is 16.6. The lowest BCUT2D eigenvalue weighted by Crippen LogP contribution is -2.36. The number of nitrogens with one attached hydrogen (secondary N) is 1. The van der Waals surface area contributed by atoms with Crippen molar-refractivity contribution < 1.29 is 5.11 Å². The van der Waals surface area contributed by atoms with Crippen LogP contribution in [-0.2, 0) is 13.6 Å². The summed E-state index contributed by atoms with van der Waals surface area (Å²) in [5, 5.41) is 17.7. The standard InChI is InChI=1S/C17H26N4O/c1-4-17(5-2,13-22)12-19-10-15-11-21(3)20-16(15)14-6-8-18-9-7-14/h6-9,11,19,22H,4-5,10,12-13H2,1-3H3. The Kier molecular flexibility index (Phi) is 5.69. The van der Waals surface area contributed by atoms with E-state index in [0.29, 0.717) is 0 Å². The minimum absolute atomic E-state index is 0.0287. The van der Waals surface area contributed by atoms with Crippen LogP contribution >= 0.6 is 0 Å². The molecule has 22 heavy (non-hydrogen) atoms. The van der Waals surface area contributed by atoms with Crippen molar-refractivity contribution in [2.24, 2.45) is 12.5 Å². The molecule has 0 aliphatic carbocycles. The summed E-state index contributed by atoms with van der Waals surface area (Å²) in [5.41, 5.74) is 3.19. The van der Waals surface area contributed by atoms with Gasteiger partial charge in [-0.3, -0.25) is 9.67 Å². The molecule has 0 fully saturated rings. The molecule has 0 aromatic carbocycles. The van der Waals surface area contributed by atoms with Crippen LogP contribution in [0.25, 0.3) is 11.3 Å². The van der Waals surface area contributed by atoms with E-state index in [0.717, 1.165) is 42.8 Å². The average Bonchev–Trinajstić information content (AvgIpc) is 2.94. The van der Waals surface area contributed by atoms with Gasteiger partial charge in [-0.1, -0.05) is 13.8 Å². The van der Waals surface area contributed by atoms with Crippen LogP contribution in [0, 0.1) is 5.41 Å². The van der Waals surface area contributed by atoms with Crippen molar-refractivity contribution in [3.05, 3.63) is 36.3 Å². The van der Waals surface area contributed by atoms with Crippen molar-refractivity contribution in [2.75, 3.05) is 13.2 Å². The zero-order valence-corrected chi connectivity index (χ0v) is 13.7. The van der Waals surface area contributed by atoms with Crippen LogP contribution in [0.4, 0.5) is 0 Å². The second-order valence-corrected chi connectivity index (χ2v) is 5.88. The van der Waals surface area contributed by atoms with E-state index in [9.17, 15) is 5.11 Å². The predicted molar refractivity (Wildman–Crippen MR) is 88.2 cm³/mol. The van der Waals surface area contributed by atoms with Gasteiger partial charge in [0, 0.05) is 61.9 Å². The topological polar surface area (TPSA) is 63.0 Å². The van der Waals surface area contributed by atoms with Gasteiger partial charge >= 0.3 is 0 Å². The van der Waals surface area contributed by atoms with Crippen LogP contribution in [-0.4, -0.2) is 33.0 Å². The Bertz CT molecular complexity index is 567. The van der Waals surface area contributed by atoms with Crippen molar-refractivity contribution >= 4 is 0 Å². The van der Waals surface area contributed by atoms with E-state index in [1.165, 1.54) is 0 Å². The molecule has 2 heterocycles. The lowest BCUT2D eigenvalue weighted by Gasteiger charge is -2.29. The van der Waals surface area contributed by atoms with Crippen molar-refractivity contribution in [1.82, 2.24) is 20.1 Å². The van der Waals surface area contributed by atoms with Crippen molar-refractivity contribution in [3.63, 3.8) is 0 Å². The predicted octanol–water partition coefficient (Wildman–Crippen LogP) is 2.37. The molecule has 0 unspecified atom stereocenters. The van der Waals surface area contributed by atoms with E-state index in [1.807, 2.05) is 30.1 Å². The third kappa shape index (κ3) is 3.72. The van der Waals surface area contributed by atoms with Crippen molar-refractivity contribution in [3.8, 4) is 11.3 Å². The lowest BCUT2D eigenvalue weighted by molar-refractivity contribution is 0.113. The Morgan fingerprint density at radius 3 is 2.50 bits per heavy atom. The molecular weight excluding hydrogens is 276 g/mol. The summed E-state index contributed by atoms with van der Waals surface area (Å²) < 4.78 is 1.84. The zero-order valence-electron chi connectivity index (χ0n) is 13.7. The molecule has 2 aromatic rings. The van der Waals surface area contributed by atoms with Crippen molar-refractivity contribution in [2.45, 2.75) is 33.2 Å². The van der Waals surface area contributed by atoms with Crippen LogP contribution in [0.3, 0.4) is 0 Å². The minimum Gasteiger partial charge on any atom is -0.396 e. The number of aryl methyl sites for hydroxylation is 1. The van der Waals surface area contributed by atoms with Gasteiger partial charge in [-0.05, 0) is 25.0 Å². The number of hydrogen-bond donors (Lipinski definition) is 2. The Labute approximate surface area is 132 Å². The molecule has 120 valence electrons. The first-order valence-electron chi connectivity index (χ1n) is 7.88. The molecular formula is C17H26N4O. The number of pyridine rings is 1. The average molecular weight is 302 g/mol.